The number of hydrogen-bond acceptors (Lipinski definition) is 5. The van der Waals surface area contributed by atoms with Crippen LogP contribution in [-0.2, 0) is 19.1 Å². The van der Waals surface area contributed by atoms with Crippen LogP contribution in [0.1, 0.15) is 200 Å². The molecule has 0 aromatic carbocycles. The van der Waals surface area contributed by atoms with Gasteiger partial charge in [0, 0.05) is 12.8 Å². The van der Waals surface area contributed by atoms with Crippen molar-refractivity contribution in [3.63, 3.8) is 0 Å². The molecule has 7 heteroatoms. The van der Waals surface area contributed by atoms with Gasteiger partial charge in [0.25, 0.3) is 0 Å². The van der Waals surface area contributed by atoms with Crippen LogP contribution in [0.3, 0.4) is 0 Å². The van der Waals surface area contributed by atoms with Gasteiger partial charge in [-0.2, -0.15) is 0 Å². The van der Waals surface area contributed by atoms with Gasteiger partial charge in [-0.1, -0.05) is 146 Å². The molecule has 0 aliphatic heterocycles. The quantitative estimate of drug-likeness (QED) is 0.0327. The monoisotopic (exact) mass is 755 g/mol. The summed E-state index contributed by atoms with van der Waals surface area (Å²) in [5.41, 5.74) is 5.48. The van der Waals surface area contributed by atoms with E-state index >= 15 is 0 Å². The maximum Gasteiger partial charge on any atom is 0.326 e. The normalized spacial score (nSPS) is 13.2. The minimum Gasteiger partial charge on any atom is -0.480 e. The molecule has 0 aliphatic carbocycles. The highest BCUT2D eigenvalue weighted by atomic mass is 16.5. The highest BCUT2D eigenvalue weighted by Gasteiger charge is 2.18. The summed E-state index contributed by atoms with van der Waals surface area (Å²) in [4.78, 5) is 36.3. The zero-order valence-electron chi connectivity index (χ0n) is 34.8. The summed E-state index contributed by atoms with van der Waals surface area (Å²) >= 11 is 0. The highest BCUT2D eigenvalue weighted by molar-refractivity contribution is 5.83. The van der Waals surface area contributed by atoms with Crippen molar-refractivity contribution in [3.05, 3.63) is 60.8 Å². The summed E-state index contributed by atoms with van der Waals surface area (Å²) in [6, 6.07) is -0.869. The number of nitrogens with one attached hydrogen (secondary N) is 1. The molecule has 54 heavy (non-hydrogen) atoms. The van der Waals surface area contributed by atoms with Crippen LogP contribution in [0.2, 0.25) is 0 Å². The average Bonchev–Trinajstić information content (AvgIpc) is 3.16. The fourth-order valence-electron chi connectivity index (χ4n) is 6.17. The molecule has 0 saturated carbocycles. The number of esters is 1. The van der Waals surface area contributed by atoms with E-state index in [0.29, 0.717) is 32.2 Å². The summed E-state index contributed by atoms with van der Waals surface area (Å²) in [5, 5.41) is 11.9. The number of hydrogen-bond donors (Lipinski definition) is 3. The van der Waals surface area contributed by atoms with Crippen molar-refractivity contribution in [2.45, 2.75) is 212 Å². The zero-order chi connectivity index (χ0) is 39.6. The maximum absolute atomic E-state index is 12.8. The molecule has 0 rings (SSSR count). The van der Waals surface area contributed by atoms with Gasteiger partial charge in [0.05, 0.1) is 0 Å². The van der Waals surface area contributed by atoms with Crippen molar-refractivity contribution >= 4 is 17.8 Å². The fourth-order valence-corrected chi connectivity index (χ4v) is 6.17. The van der Waals surface area contributed by atoms with E-state index in [1.165, 1.54) is 83.5 Å². The minimum absolute atomic E-state index is 0.104. The molecular weight excluding hydrogens is 673 g/mol. The number of carbonyl (C=O) groups excluding carboxylic acids is 2. The molecule has 4 N–H and O–H groups in total. The SMILES string of the molecule is CCCCC/C=C\C/C=C\C/C=C\C(CCCCCCCC(=O)NC(CCCN)C(=O)O)OC(=O)CCCCCCCCC/C=C\C/C=C\CCCCC. The number of carboxylic acids is 1. The lowest BCUT2D eigenvalue weighted by Gasteiger charge is -2.15. The van der Waals surface area contributed by atoms with Crippen LogP contribution in [0.4, 0.5) is 0 Å². The number of carboxylic acid groups (broad SMARTS) is 1. The van der Waals surface area contributed by atoms with Gasteiger partial charge in [-0.25, -0.2) is 4.79 Å². The van der Waals surface area contributed by atoms with Crippen molar-refractivity contribution in [1.29, 1.82) is 0 Å². The second-order valence-electron chi connectivity index (χ2n) is 14.7. The smallest absolute Gasteiger partial charge is 0.326 e. The number of allylic oxidation sites excluding steroid dienone is 9. The van der Waals surface area contributed by atoms with Crippen molar-refractivity contribution in [2.75, 3.05) is 6.54 Å². The Labute approximate surface area is 331 Å². The van der Waals surface area contributed by atoms with Gasteiger partial charge in [-0.15, -0.1) is 0 Å². The van der Waals surface area contributed by atoms with E-state index in [1.807, 2.05) is 0 Å². The first-order valence-corrected chi connectivity index (χ1v) is 22.1. The van der Waals surface area contributed by atoms with Gasteiger partial charge in [-0.3, -0.25) is 9.59 Å². The van der Waals surface area contributed by atoms with Crippen molar-refractivity contribution in [2.24, 2.45) is 5.73 Å². The molecule has 0 aromatic heterocycles. The predicted molar refractivity (Wildman–Crippen MR) is 229 cm³/mol. The molecule has 0 aromatic rings. The summed E-state index contributed by atoms with van der Waals surface area (Å²) in [7, 11) is 0. The topological polar surface area (TPSA) is 119 Å². The standard InChI is InChI=1S/C47H82N2O5/c1-3-5-7-9-11-13-15-16-17-18-19-20-22-24-26-31-35-41-46(51)54-43(37-32-28-25-23-21-14-12-10-8-6-4-2)38-33-29-27-30-34-40-45(50)49-44(47(52)53)39-36-42-48/h11-14,16-17,23,25,32,37,43-44H,3-10,15,18-22,24,26-31,33-36,38-42,48H2,1-2H3,(H,49,50)(H,52,53)/b13-11-,14-12-,17-16-,25-23-,37-32-. The summed E-state index contributed by atoms with van der Waals surface area (Å²) in [6.07, 6.45) is 51.3. The molecule has 0 radical (unpaired) electrons. The molecule has 0 aliphatic rings. The van der Waals surface area contributed by atoms with E-state index in [9.17, 15) is 19.5 Å². The van der Waals surface area contributed by atoms with Gasteiger partial charge >= 0.3 is 11.9 Å². The number of rotatable bonds is 39. The number of amides is 1. The Morgan fingerprint density at radius 1 is 0.556 bits per heavy atom. The Hall–Kier alpha value is -2.93. The molecule has 0 saturated heterocycles. The Bertz CT molecular complexity index is 1030. The van der Waals surface area contributed by atoms with Gasteiger partial charge in [0.2, 0.25) is 5.91 Å². The largest absolute Gasteiger partial charge is 0.480 e. The van der Waals surface area contributed by atoms with Gasteiger partial charge in [0.1, 0.15) is 12.1 Å². The van der Waals surface area contributed by atoms with E-state index in [1.54, 1.807) is 0 Å². The van der Waals surface area contributed by atoms with Crippen LogP contribution >= 0.6 is 0 Å². The molecule has 310 valence electrons. The molecule has 7 nitrogen and oxygen atoms in total. The van der Waals surface area contributed by atoms with E-state index in [2.05, 4.69) is 79.9 Å². The van der Waals surface area contributed by atoms with Crippen molar-refractivity contribution in [1.82, 2.24) is 5.32 Å². The maximum atomic E-state index is 12.8. The van der Waals surface area contributed by atoms with Crippen molar-refractivity contribution in [3.8, 4) is 0 Å². The first kappa shape index (κ1) is 51.1. The van der Waals surface area contributed by atoms with Crippen LogP contribution in [0.15, 0.2) is 60.8 Å². The second-order valence-corrected chi connectivity index (χ2v) is 14.7. The lowest BCUT2D eigenvalue weighted by molar-refractivity contribution is -0.147. The number of ether oxygens (including phenoxy) is 1. The number of unbranched alkanes of at least 4 members (excludes halogenated alkanes) is 17. The van der Waals surface area contributed by atoms with Crippen LogP contribution in [0.25, 0.3) is 0 Å². The number of aliphatic carboxylic acids is 1. The van der Waals surface area contributed by atoms with Gasteiger partial charge < -0.3 is 20.9 Å². The molecule has 0 fully saturated rings. The summed E-state index contributed by atoms with van der Waals surface area (Å²) < 4.78 is 5.93. The van der Waals surface area contributed by atoms with Gasteiger partial charge in [0.15, 0.2) is 0 Å². The minimum atomic E-state index is -1.01. The number of carbonyl (C=O) groups is 3. The molecule has 2 atom stereocenters. The number of nitrogens with two attached hydrogens (primary N) is 1. The summed E-state index contributed by atoms with van der Waals surface area (Å²) in [5.74, 6) is -1.34. The third-order valence-corrected chi connectivity index (χ3v) is 9.54. The summed E-state index contributed by atoms with van der Waals surface area (Å²) in [6.45, 7) is 4.88. The zero-order valence-corrected chi connectivity index (χ0v) is 34.8. The highest BCUT2D eigenvalue weighted by Crippen LogP contribution is 2.15. The molecule has 2 unspecified atom stereocenters. The Kier molecular flexibility index (Phi) is 39.0. The van der Waals surface area contributed by atoms with E-state index < -0.39 is 12.0 Å². The first-order valence-electron chi connectivity index (χ1n) is 22.1. The first-order chi connectivity index (χ1) is 26.4. The van der Waals surface area contributed by atoms with E-state index in [4.69, 9.17) is 10.5 Å². The predicted octanol–water partition coefficient (Wildman–Crippen LogP) is 12.6. The van der Waals surface area contributed by atoms with E-state index in [-0.39, 0.29) is 18.0 Å². The van der Waals surface area contributed by atoms with E-state index in [0.717, 1.165) is 77.0 Å². The van der Waals surface area contributed by atoms with Crippen LogP contribution in [0.5, 0.6) is 0 Å². The molecular formula is C47H82N2O5. The van der Waals surface area contributed by atoms with Crippen LogP contribution in [0, 0.1) is 0 Å². The third kappa shape index (κ3) is 37.4. The van der Waals surface area contributed by atoms with Crippen molar-refractivity contribution < 1.29 is 24.2 Å². The van der Waals surface area contributed by atoms with Crippen LogP contribution in [-0.4, -0.2) is 41.6 Å². The average molecular weight is 755 g/mol. The molecule has 1 amide bonds. The molecule has 0 heterocycles. The third-order valence-electron chi connectivity index (χ3n) is 9.54. The fraction of sp³-hybridized carbons (Fsp3) is 0.723. The lowest BCUT2D eigenvalue weighted by Crippen LogP contribution is -2.40. The molecule has 0 spiro atoms. The second kappa shape index (κ2) is 41.2. The van der Waals surface area contributed by atoms with Crippen LogP contribution < -0.4 is 11.1 Å². The Balaban J connectivity index is 4.41. The lowest BCUT2D eigenvalue weighted by atomic mass is 10.1. The molecule has 0 bridgehead atoms. The van der Waals surface area contributed by atoms with Gasteiger partial charge in [-0.05, 0) is 109 Å². The Morgan fingerprint density at radius 2 is 1.02 bits per heavy atom. The Morgan fingerprint density at radius 3 is 1.56 bits per heavy atom.